The van der Waals surface area contributed by atoms with Crippen LogP contribution in [0.4, 0.5) is 11.5 Å². The van der Waals surface area contributed by atoms with Crippen molar-refractivity contribution in [3.63, 3.8) is 0 Å². The normalized spacial score (nSPS) is 26.5. The minimum Gasteiger partial charge on any atom is -0.374 e. The number of rotatable bonds is 4. The van der Waals surface area contributed by atoms with Crippen LogP contribution in [0.1, 0.15) is 19.8 Å². The van der Waals surface area contributed by atoms with Crippen LogP contribution in [0.15, 0.2) is 18.3 Å². The van der Waals surface area contributed by atoms with Crippen molar-refractivity contribution in [3.05, 3.63) is 18.3 Å². The molecule has 3 heterocycles. The first kappa shape index (κ1) is 10.8. The van der Waals surface area contributed by atoms with Gasteiger partial charge in [-0.3, -0.25) is 0 Å². The van der Waals surface area contributed by atoms with Gasteiger partial charge in [0.25, 0.3) is 0 Å². The Morgan fingerprint density at radius 3 is 3.06 bits per heavy atom. The molecule has 2 saturated heterocycles. The lowest BCUT2D eigenvalue weighted by atomic mass is 10.2. The number of aromatic nitrogens is 1. The molecule has 4 heteroatoms. The quantitative estimate of drug-likeness (QED) is 0.861. The van der Waals surface area contributed by atoms with Crippen LogP contribution in [0.25, 0.3) is 0 Å². The number of anilines is 2. The van der Waals surface area contributed by atoms with Crippen LogP contribution >= 0.6 is 0 Å². The van der Waals surface area contributed by atoms with E-state index in [2.05, 4.69) is 34.3 Å². The molecule has 92 valence electrons. The smallest absolute Gasteiger partial charge is 0.126 e. The summed E-state index contributed by atoms with van der Waals surface area (Å²) in [5.41, 5.74) is 1.22. The number of nitrogens with one attached hydrogen (secondary N) is 1. The second-order valence-electron chi connectivity index (χ2n) is 4.83. The van der Waals surface area contributed by atoms with Crippen LogP contribution in [0.2, 0.25) is 0 Å². The van der Waals surface area contributed by atoms with E-state index in [0.29, 0.717) is 12.1 Å². The lowest BCUT2D eigenvalue weighted by Crippen LogP contribution is -2.36. The zero-order chi connectivity index (χ0) is 11.7. The number of fused-ring (bicyclic) bond motifs is 2. The predicted octanol–water partition coefficient (Wildman–Crippen LogP) is 1.88. The van der Waals surface area contributed by atoms with Gasteiger partial charge in [0.1, 0.15) is 5.82 Å². The van der Waals surface area contributed by atoms with Crippen molar-refractivity contribution in [3.8, 4) is 0 Å². The molecule has 1 aromatic rings. The van der Waals surface area contributed by atoms with Crippen molar-refractivity contribution >= 4 is 11.5 Å². The molecule has 0 spiro atoms. The van der Waals surface area contributed by atoms with Gasteiger partial charge in [-0.25, -0.2) is 4.98 Å². The fourth-order valence-corrected chi connectivity index (χ4v) is 2.63. The Kier molecular flexibility index (Phi) is 2.89. The number of ether oxygens (including phenoxy) is 1. The maximum absolute atomic E-state index is 5.61. The second kappa shape index (κ2) is 4.53. The van der Waals surface area contributed by atoms with Gasteiger partial charge in [-0.05, 0) is 25.0 Å². The molecule has 0 aromatic carbocycles. The average Bonchev–Trinajstić information content (AvgIpc) is 2.99. The van der Waals surface area contributed by atoms with E-state index in [1.807, 2.05) is 6.20 Å². The van der Waals surface area contributed by atoms with E-state index in [4.69, 9.17) is 4.74 Å². The first-order valence-corrected chi connectivity index (χ1v) is 6.45. The molecule has 3 rings (SSSR count). The van der Waals surface area contributed by atoms with Gasteiger partial charge >= 0.3 is 0 Å². The zero-order valence-electron chi connectivity index (χ0n) is 10.2. The molecule has 17 heavy (non-hydrogen) atoms. The number of hydrogen-bond donors (Lipinski definition) is 1. The molecule has 2 fully saturated rings. The average molecular weight is 233 g/mol. The van der Waals surface area contributed by atoms with Crippen LogP contribution in [0, 0.1) is 0 Å². The van der Waals surface area contributed by atoms with E-state index < -0.39 is 0 Å². The minimum absolute atomic E-state index is 0.442. The van der Waals surface area contributed by atoms with Crippen LogP contribution < -0.4 is 10.2 Å². The van der Waals surface area contributed by atoms with Gasteiger partial charge in [0.05, 0.1) is 30.6 Å². The number of morpholine rings is 1. The molecule has 1 aromatic heterocycles. The Bertz CT molecular complexity index is 379. The number of pyridine rings is 1. The Morgan fingerprint density at radius 1 is 1.53 bits per heavy atom. The summed E-state index contributed by atoms with van der Waals surface area (Å²) in [6, 6.07) is 4.79. The van der Waals surface area contributed by atoms with Gasteiger partial charge in [-0.15, -0.1) is 0 Å². The molecule has 0 radical (unpaired) electrons. The van der Waals surface area contributed by atoms with Crippen LogP contribution in [-0.2, 0) is 4.74 Å². The summed E-state index contributed by atoms with van der Waals surface area (Å²) < 4.78 is 5.61. The highest BCUT2D eigenvalue weighted by atomic mass is 16.5. The summed E-state index contributed by atoms with van der Waals surface area (Å²) in [4.78, 5) is 6.87. The Morgan fingerprint density at radius 2 is 2.47 bits per heavy atom. The van der Waals surface area contributed by atoms with Crippen molar-refractivity contribution < 1.29 is 4.74 Å². The third kappa shape index (κ3) is 2.09. The number of hydrogen-bond acceptors (Lipinski definition) is 4. The molecule has 2 atom stereocenters. The summed E-state index contributed by atoms with van der Waals surface area (Å²) in [6.07, 6.45) is 4.71. The molecule has 0 amide bonds. The van der Waals surface area contributed by atoms with E-state index in [0.717, 1.165) is 31.9 Å². The van der Waals surface area contributed by atoms with Crippen molar-refractivity contribution in [1.29, 1.82) is 0 Å². The second-order valence-corrected chi connectivity index (χ2v) is 4.83. The SMILES string of the molecule is CCCNc1ccc(N2C[C@@H]3C[C@H]2CO3)cn1. The summed E-state index contributed by atoms with van der Waals surface area (Å²) in [5, 5.41) is 3.29. The van der Waals surface area contributed by atoms with Gasteiger partial charge in [0.2, 0.25) is 0 Å². The van der Waals surface area contributed by atoms with E-state index >= 15 is 0 Å². The van der Waals surface area contributed by atoms with E-state index in [1.165, 1.54) is 12.1 Å². The molecule has 0 unspecified atom stereocenters. The van der Waals surface area contributed by atoms with E-state index in [9.17, 15) is 0 Å². The summed E-state index contributed by atoms with van der Waals surface area (Å²) in [6.45, 7) is 5.03. The predicted molar refractivity (Wildman–Crippen MR) is 68.5 cm³/mol. The first-order chi connectivity index (χ1) is 8.36. The van der Waals surface area contributed by atoms with Crippen LogP contribution in [-0.4, -0.2) is 36.8 Å². The zero-order valence-corrected chi connectivity index (χ0v) is 10.2. The van der Waals surface area contributed by atoms with Crippen LogP contribution in [0.3, 0.4) is 0 Å². The van der Waals surface area contributed by atoms with Crippen molar-refractivity contribution in [2.75, 3.05) is 29.9 Å². The third-order valence-electron chi connectivity index (χ3n) is 3.54. The maximum atomic E-state index is 5.61. The van der Waals surface area contributed by atoms with Gasteiger partial charge in [-0.2, -0.15) is 0 Å². The van der Waals surface area contributed by atoms with Crippen molar-refractivity contribution in [2.24, 2.45) is 0 Å². The molecule has 2 bridgehead atoms. The standard InChI is InChI=1S/C13H19N3O/c1-2-5-14-13-4-3-10(7-15-13)16-8-12-6-11(16)9-17-12/h3-4,7,11-12H,2,5-6,8-9H2,1H3,(H,14,15)/t11-,12-/m0/s1. The summed E-state index contributed by atoms with van der Waals surface area (Å²) in [5.74, 6) is 0.969. The summed E-state index contributed by atoms with van der Waals surface area (Å²) >= 11 is 0. The molecule has 1 N–H and O–H groups in total. The van der Waals surface area contributed by atoms with Crippen LogP contribution in [0.5, 0.6) is 0 Å². The lowest BCUT2D eigenvalue weighted by molar-refractivity contribution is 0.0991. The Hall–Kier alpha value is -1.29. The van der Waals surface area contributed by atoms with Gasteiger partial charge in [-0.1, -0.05) is 6.92 Å². The topological polar surface area (TPSA) is 37.4 Å². The molecular formula is C13H19N3O. The molecule has 2 aliphatic rings. The first-order valence-electron chi connectivity index (χ1n) is 6.45. The van der Waals surface area contributed by atoms with Gasteiger partial charge in [0, 0.05) is 13.1 Å². The van der Waals surface area contributed by atoms with Crippen molar-refractivity contribution in [1.82, 2.24) is 4.98 Å². The maximum Gasteiger partial charge on any atom is 0.126 e. The highest BCUT2D eigenvalue weighted by molar-refractivity contribution is 5.51. The Labute approximate surface area is 102 Å². The molecule has 4 nitrogen and oxygen atoms in total. The monoisotopic (exact) mass is 233 g/mol. The van der Waals surface area contributed by atoms with Gasteiger partial charge in [0.15, 0.2) is 0 Å². The highest BCUT2D eigenvalue weighted by Gasteiger charge is 2.38. The molecule has 0 saturated carbocycles. The van der Waals surface area contributed by atoms with E-state index in [-0.39, 0.29) is 0 Å². The van der Waals surface area contributed by atoms with Gasteiger partial charge < -0.3 is 15.0 Å². The molecule has 0 aliphatic carbocycles. The molecule has 2 aliphatic heterocycles. The lowest BCUT2D eigenvalue weighted by Gasteiger charge is -2.28. The fourth-order valence-electron chi connectivity index (χ4n) is 2.63. The fraction of sp³-hybridized carbons (Fsp3) is 0.615. The summed E-state index contributed by atoms with van der Waals surface area (Å²) in [7, 11) is 0. The largest absolute Gasteiger partial charge is 0.374 e. The third-order valence-corrected chi connectivity index (χ3v) is 3.54. The minimum atomic E-state index is 0.442. The Balaban J connectivity index is 1.68. The van der Waals surface area contributed by atoms with E-state index in [1.54, 1.807) is 0 Å². The highest BCUT2D eigenvalue weighted by Crippen LogP contribution is 2.32. The molecular weight excluding hydrogens is 214 g/mol. The van der Waals surface area contributed by atoms with Crippen molar-refractivity contribution in [2.45, 2.75) is 31.9 Å². The number of nitrogens with zero attached hydrogens (tertiary/aromatic N) is 2.